The minimum atomic E-state index is -0.312. The molecule has 0 spiro atoms. The summed E-state index contributed by atoms with van der Waals surface area (Å²) < 4.78 is 2.17. The SMILES string of the molecule is CCCCn1c(NCc2ccccc2)c(/C=C2/SC(=S)N(CC(C)C)C2=O)c(C)c(C#N)c1=O. The van der Waals surface area contributed by atoms with Gasteiger partial charge in [-0.1, -0.05) is 81.5 Å². The van der Waals surface area contributed by atoms with Crippen molar-refractivity contribution in [2.75, 3.05) is 11.9 Å². The van der Waals surface area contributed by atoms with E-state index in [1.54, 1.807) is 22.5 Å². The Balaban J connectivity index is 2.15. The van der Waals surface area contributed by atoms with Gasteiger partial charge < -0.3 is 5.32 Å². The number of hydrogen-bond acceptors (Lipinski definition) is 6. The summed E-state index contributed by atoms with van der Waals surface area (Å²) in [6, 6.07) is 12.0. The predicted molar refractivity (Wildman–Crippen MR) is 144 cm³/mol. The maximum Gasteiger partial charge on any atom is 0.270 e. The number of carbonyl (C=O) groups is 1. The van der Waals surface area contributed by atoms with Gasteiger partial charge in [0.15, 0.2) is 0 Å². The lowest BCUT2D eigenvalue weighted by atomic mass is 10.0. The van der Waals surface area contributed by atoms with Gasteiger partial charge in [-0.3, -0.25) is 19.1 Å². The summed E-state index contributed by atoms with van der Waals surface area (Å²) in [7, 11) is 0. The number of unbranched alkanes of at least 4 members (excludes halogenated alkanes) is 1. The number of nitrogens with zero attached hydrogens (tertiary/aromatic N) is 3. The summed E-state index contributed by atoms with van der Waals surface area (Å²) in [6.45, 7) is 9.45. The topological polar surface area (TPSA) is 78.1 Å². The number of thioether (sulfide) groups is 1. The van der Waals surface area contributed by atoms with E-state index < -0.39 is 0 Å². The first kappa shape index (κ1) is 25.7. The summed E-state index contributed by atoms with van der Waals surface area (Å²) in [5.74, 6) is 0.766. The average Bonchev–Trinajstić information content (AvgIpc) is 3.07. The van der Waals surface area contributed by atoms with Crippen molar-refractivity contribution in [3.63, 3.8) is 0 Å². The number of aromatic nitrogens is 1. The van der Waals surface area contributed by atoms with Gasteiger partial charge in [0.2, 0.25) is 0 Å². The first-order valence-electron chi connectivity index (χ1n) is 11.5. The second-order valence-corrected chi connectivity index (χ2v) is 10.4. The number of nitriles is 1. The highest BCUT2D eigenvalue weighted by Gasteiger charge is 2.33. The van der Waals surface area contributed by atoms with E-state index in [0.717, 1.165) is 18.4 Å². The highest BCUT2D eigenvalue weighted by atomic mass is 32.2. The third-order valence-corrected chi connectivity index (χ3v) is 6.99. The van der Waals surface area contributed by atoms with Crippen molar-refractivity contribution in [1.29, 1.82) is 5.26 Å². The van der Waals surface area contributed by atoms with Crippen LogP contribution in [0.2, 0.25) is 0 Å². The summed E-state index contributed by atoms with van der Waals surface area (Å²) >= 11 is 6.73. The molecule has 178 valence electrons. The van der Waals surface area contributed by atoms with Crippen molar-refractivity contribution in [2.45, 2.75) is 53.6 Å². The minimum absolute atomic E-state index is 0.102. The first-order valence-corrected chi connectivity index (χ1v) is 12.7. The van der Waals surface area contributed by atoms with Gasteiger partial charge in [0.05, 0.1) is 4.91 Å². The van der Waals surface area contributed by atoms with Gasteiger partial charge in [-0.2, -0.15) is 5.26 Å². The Morgan fingerprint density at radius 3 is 2.56 bits per heavy atom. The number of rotatable bonds is 9. The zero-order valence-electron chi connectivity index (χ0n) is 20.1. The monoisotopic (exact) mass is 494 g/mol. The molecule has 1 fully saturated rings. The molecule has 0 aliphatic carbocycles. The Bertz CT molecular complexity index is 1210. The van der Waals surface area contributed by atoms with Crippen molar-refractivity contribution in [3.05, 3.63) is 67.8 Å². The highest BCUT2D eigenvalue weighted by molar-refractivity contribution is 8.26. The second kappa shape index (κ2) is 11.5. The van der Waals surface area contributed by atoms with Gasteiger partial charge in [-0.15, -0.1) is 0 Å². The largest absolute Gasteiger partial charge is 0.367 e. The molecule has 1 amide bonds. The van der Waals surface area contributed by atoms with Crippen molar-refractivity contribution in [3.8, 4) is 6.07 Å². The normalized spacial score (nSPS) is 14.8. The third-order valence-electron chi connectivity index (χ3n) is 5.61. The Morgan fingerprint density at radius 1 is 1.24 bits per heavy atom. The molecular weight excluding hydrogens is 464 g/mol. The summed E-state index contributed by atoms with van der Waals surface area (Å²) in [5.41, 5.74) is 2.09. The molecule has 1 N–H and O–H groups in total. The molecule has 8 heteroatoms. The number of carbonyl (C=O) groups excluding carboxylic acids is 1. The van der Waals surface area contributed by atoms with Crippen LogP contribution in [-0.4, -0.2) is 26.2 Å². The number of nitrogens with one attached hydrogen (secondary N) is 1. The molecule has 0 radical (unpaired) electrons. The van der Waals surface area contributed by atoms with Crippen molar-refractivity contribution < 1.29 is 4.79 Å². The van der Waals surface area contributed by atoms with E-state index in [-0.39, 0.29) is 22.9 Å². The van der Waals surface area contributed by atoms with Crippen molar-refractivity contribution in [1.82, 2.24) is 9.47 Å². The van der Waals surface area contributed by atoms with Gasteiger partial charge >= 0.3 is 0 Å². The molecule has 34 heavy (non-hydrogen) atoms. The number of benzene rings is 1. The van der Waals surface area contributed by atoms with Crippen LogP contribution in [0.15, 0.2) is 40.0 Å². The van der Waals surface area contributed by atoms with Crippen LogP contribution in [0.4, 0.5) is 5.82 Å². The van der Waals surface area contributed by atoms with Crippen LogP contribution >= 0.6 is 24.0 Å². The molecule has 1 aliphatic rings. The van der Waals surface area contributed by atoms with Gasteiger partial charge in [0.1, 0.15) is 21.8 Å². The van der Waals surface area contributed by atoms with Gasteiger partial charge in [0.25, 0.3) is 11.5 Å². The number of anilines is 1. The molecule has 1 aromatic carbocycles. The van der Waals surface area contributed by atoms with E-state index in [9.17, 15) is 14.9 Å². The fraction of sp³-hybridized carbons (Fsp3) is 0.385. The van der Waals surface area contributed by atoms with E-state index >= 15 is 0 Å². The maximum atomic E-state index is 13.2. The molecule has 3 rings (SSSR count). The lowest BCUT2D eigenvalue weighted by Gasteiger charge is -2.20. The summed E-state index contributed by atoms with van der Waals surface area (Å²) in [6.07, 6.45) is 3.48. The Kier molecular flexibility index (Phi) is 8.70. The predicted octanol–water partition coefficient (Wildman–Crippen LogP) is 5.30. The smallest absolute Gasteiger partial charge is 0.270 e. The third kappa shape index (κ3) is 5.60. The van der Waals surface area contributed by atoms with E-state index in [1.165, 1.54) is 11.8 Å². The van der Waals surface area contributed by atoms with Crippen molar-refractivity contribution >= 4 is 46.1 Å². The molecule has 1 saturated heterocycles. The van der Waals surface area contributed by atoms with Crippen LogP contribution in [0.3, 0.4) is 0 Å². The summed E-state index contributed by atoms with van der Waals surface area (Å²) in [4.78, 5) is 28.5. The van der Waals surface area contributed by atoms with E-state index in [2.05, 4.69) is 18.3 Å². The van der Waals surface area contributed by atoms with Gasteiger partial charge in [-0.05, 0) is 36.5 Å². The standard InChI is InChI=1S/C26H30N4O2S2/c1-5-6-12-29-23(28-15-19-10-8-7-9-11-19)20(18(4)21(14-27)24(29)31)13-22-25(32)30(16-17(2)3)26(33)34-22/h7-11,13,17,28H,5-6,12,15-16H2,1-4H3/b22-13+. The Morgan fingerprint density at radius 2 is 1.94 bits per heavy atom. The molecule has 0 unspecified atom stereocenters. The number of thiocarbonyl (C=S) groups is 1. The fourth-order valence-corrected chi connectivity index (χ4v) is 5.08. The average molecular weight is 495 g/mol. The summed E-state index contributed by atoms with van der Waals surface area (Å²) in [5, 5.41) is 13.2. The van der Waals surface area contributed by atoms with Crippen molar-refractivity contribution in [2.24, 2.45) is 5.92 Å². The van der Waals surface area contributed by atoms with E-state index in [1.807, 2.05) is 44.2 Å². The lowest BCUT2D eigenvalue weighted by molar-refractivity contribution is -0.122. The highest BCUT2D eigenvalue weighted by Crippen LogP contribution is 2.35. The van der Waals surface area contributed by atoms with Gasteiger partial charge in [-0.25, -0.2) is 0 Å². The van der Waals surface area contributed by atoms with Crippen LogP contribution in [0.25, 0.3) is 6.08 Å². The van der Waals surface area contributed by atoms with Crippen LogP contribution in [0, 0.1) is 24.2 Å². The molecule has 2 aromatic rings. The zero-order chi connectivity index (χ0) is 24.8. The molecule has 0 bridgehead atoms. The second-order valence-electron chi connectivity index (χ2n) is 8.71. The van der Waals surface area contributed by atoms with E-state index in [0.29, 0.717) is 45.8 Å². The molecule has 2 heterocycles. The molecule has 1 aromatic heterocycles. The minimum Gasteiger partial charge on any atom is -0.367 e. The maximum absolute atomic E-state index is 13.2. The van der Waals surface area contributed by atoms with E-state index in [4.69, 9.17) is 12.2 Å². The molecule has 0 saturated carbocycles. The molecular formula is C26H30N4O2S2. The molecule has 6 nitrogen and oxygen atoms in total. The fourth-order valence-electron chi connectivity index (χ4n) is 3.82. The van der Waals surface area contributed by atoms with Gasteiger partial charge in [0, 0.05) is 25.2 Å². The Labute approximate surface area is 210 Å². The number of hydrogen-bond donors (Lipinski definition) is 1. The molecule has 1 aliphatic heterocycles. The van der Waals surface area contributed by atoms with Crippen LogP contribution < -0.4 is 10.9 Å². The number of amides is 1. The lowest BCUT2D eigenvalue weighted by Crippen LogP contribution is -2.31. The quantitative estimate of drug-likeness (QED) is 0.377. The zero-order valence-corrected chi connectivity index (χ0v) is 21.7. The number of pyridine rings is 1. The van der Waals surface area contributed by atoms with Crippen LogP contribution in [-0.2, 0) is 17.9 Å². The first-order chi connectivity index (χ1) is 16.3. The molecule has 0 atom stereocenters. The van der Waals surface area contributed by atoms with Crippen LogP contribution in [0.5, 0.6) is 0 Å². The van der Waals surface area contributed by atoms with Crippen LogP contribution in [0.1, 0.15) is 55.9 Å². The Hall–Kier alpha value is -2.89.